The minimum absolute atomic E-state index is 0.0673. The van der Waals surface area contributed by atoms with E-state index in [9.17, 15) is 9.59 Å². The molecule has 7 heteroatoms. The highest BCUT2D eigenvalue weighted by Crippen LogP contribution is 2.43. The Morgan fingerprint density at radius 2 is 2.13 bits per heavy atom. The number of amides is 2. The Kier molecular flexibility index (Phi) is 5.20. The molecule has 5 rings (SSSR count). The Morgan fingerprint density at radius 1 is 1.29 bits per heavy atom. The van der Waals surface area contributed by atoms with Crippen molar-refractivity contribution in [3.8, 4) is 5.75 Å². The van der Waals surface area contributed by atoms with Crippen molar-refractivity contribution in [2.75, 3.05) is 20.2 Å². The molecule has 1 aromatic heterocycles. The molecule has 3 fully saturated rings. The largest absolute Gasteiger partial charge is 0.497 e. The fourth-order valence-corrected chi connectivity index (χ4v) is 5.87. The lowest BCUT2D eigenvalue weighted by Gasteiger charge is -2.56. The van der Waals surface area contributed by atoms with Crippen LogP contribution in [0.25, 0.3) is 0 Å². The molecule has 4 atom stereocenters. The molecule has 4 heterocycles. The predicted molar refractivity (Wildman–Crippen MR) is 114 cm³/mol. The first-order chi connectivity index (χ1) is 15.0. The number of fused-ring (bicyclic) bond motifs is 4. The third-order valence-electron chi connectivity index (χ3n) is 7.20. The summed E-state index contributed by atoms with van der Waals surface area (Å²) in [4.78, 5) is 34.5. The summed E-state index contributed by atoms with van der Waals surface area (Å²) in [6, 6.07) is 8.40. The summed E-state index contributed by atoms with van der Waals surface area (Å²) in [5, 5.41) is 0. The van der Waals surface area contributed by atoms with Crippen molar-refractivity contribution in [3.63, 3.8) is 0 Å². The van der Waals surface area contributed by atoms with Gasteiger partial charge in [-0.2, -0.15) is 0 Å². The molecule has 0 radical (unpaired) electrons. The van der Waals surface area contributed by atoms with Crippen molar-refractivity contribution in [1.29, 1.82) is 0 Å². The van der Waals surface area contributed by atoms with E-state index in [1.807, 2.05) is 17.0 Å². The highest BCUT2D eigenvalue weighted by Gasteiger charge is 2.50. The van der Waals surface area contributed by atoms with E-state index >= 15 is 0 Å². The van der Waals surface area contributed by atoms with E-state index in [0.717, 1.165) is 37.0 Å². The number of carbonyl (C=O) groups excluding carboxylic acids is 2. The lowest BCUT2D eigenvalue weighted by molar-refractivity contribution is -0.151. The van der Waals surface area contributed by atoms with Gasteiger partial charge in [-0.3, -0.25) is 9.59 Å². The maximum Gasteiger partial charge on any atom is 0.275 e. The zero-order valence-corrected chi connectivity index (χ0v) is 18.1. The number of piperidine rings is 3. The average molecular weight is 424 g/mol. The molecule has 0 saturated carbocycles. The van der Waals surface area contributed by atoms with Gasteiger partial charge in [-0.05, 0) is 55.2 Å². The van der Waals surface area contributed by atoms with Crippen molar-refractivity contribution in [1.82, 2.24) is 14.8 Å². The van der Waals surface area contributed by atoms with E-state index in [2.05, 4.69) is 22.0 Å². The van der Waals surface area contributed by atoms with Crippen LogP contribution in [0.2, 0.25) is 0 Å². The van der Waals surface area contributed by atoms with Crippen LogP contribution in [0.5, 0.6) is 5.75 Å². The topological polar surface area (TPSA) is 75.9 Å². The molecule has 0 aliphatic carbocycles. The summed E-state index contributed by atoms with van der Waals surface area (Å²) in [5.41, 5.74) is 1.54. The fourth-order valence-electron chi connectivity index (χ4n) is 5.87. The number of oxazole rings is 1. The van der Waals surface area contributed by atoms with Crippen LogP contribution >= 0.6 is 0 Å². The van der Waals surface area contributed by atoms with Gasteiger partial charge in [0.1, 0.15) is 12.0 Å². The number of benzene rings is 1. The third-order valence-corrected chi connectivity index (χ3v) is 7.20. The van der Waals surface area contributed by atoms with Gasteiger partial charge in [-0.1, -0.05) is 12.1 Å². The number of methoxy groups -OCH3 is 1. The second kappa shape index (κ2) is 8.02. The average Bonchev–Trinajstić information content (AvgIpc) is 3.22. The zero-order valence-electron chi connectivity index (χ0n) is 18.1. The molecule has 7 nitrogen and oxygen atoms in total. The maximum atomic E-state index is 13.1. The Labute approximate surface area is 182 Å². The first-order valence-electron chi connectivity index (χ1n) is 11.2. The molecule has 3 saturated heterocycles. The van der Waals surface area contributed by atoms with Crippen LogP contribution in [0.4, 0.5) is 0 Å². The zero-order chi connectivity index (χ0) is 21.5. The molecule has 0 unspecified atom stereocenters. The van der Waals surface area contributed by atoms with Crippen molar-refractivity contribution < 1.29 is 18.7 Å². The van der Waals surface area contributed by atoms with Crippen LogP contribution in [0.3, 0.4) is 0 Å². The summed E-state index contributed by atoms with van der Waals surface area (Å²) in [5.74, 6) is 2.10. The van der Waals surface area contributed by atoms with Crippen LogP contribution in [-0.4, -0.2) is 58.9 Å². The first-order valence-corrected chi connectivity index (χ1v) is 11.2. The molecule has 3 aliphatic heterocycles. The lowest BCUT2D eigenvalue weighted by atomic mass is 9.70. The monoisotopic (exact) mass is 423 g/mol. The molecule has 0 N–H and O–H groups in total. The highest BCUT2D eigenvalue weighted by molar-refractivity contribution is 5.92. The van der Waals surface area contributed by atoms with Gasteiger partial charge < -0.3 is 19.0 Å². The highest BCUT2D eigenvalue weighted by atomic mass is 16.5. The number of ether oxygens (including phenoxy) is 1. The van der Waals surface area contributed by atoms with Gasteiger partial charge in [0, 0.05) is 38.5 Å². The van der Waals surface area contributed by atoms with E-state index in [1.54, 1.807) is 14.0 Å². The van der Waals surface area contributed by atoms with Crippen molar-refractivity contribution in [3.05, 3.63) is 47.7 Å². The normalized spacial score (nSPS) is 27.7. The summed E-state index contributed by atoms with van der Waals surface area (Å²) < 4.78 is 10.7. The van der Waals surface area contributed by atoms with E-state index in [1.165, 1.54) is 6.26 Å². The number of aryl methyl sites for hydroxylation is 1. The molecule has 2 amide bonds. The van der Waals surface area contributed by atoms with Crippen LogP contribution < -0.4 is 4.74 Å². The molecular weight excluding hydrogens is 394 g/mol. The number of aromatic nitrogens is 1. The molecule has 2 aromatic rings. The summed E-state index contributed by atoms with van der Waals surface area (Å²) >= 11 is 0. The van der Waals surface area contributed by atoms with Crippen LogP contribution in [-0.2, 0) is 11.2 Å². The Bertz CT molecular complexity index is 987. The fraction of sp³-hybridized carbons (Fsp3) is 0.542. The van der Waals surface area contributed by atoms with Gasteiger partial charge in [0.25, 0.3) is 5.91 Å². The minimum Gasteiger partial charge on any atom is -0.497 e. The second-order valence-electron chi connectivity index (χ2n) is 9.10. The van der Waals surface area contributed by atoms with E-state index in [0.29, 0.717) is 37.0 Å². The number of carbonyl (C=O) groups is 2. The maximum absolute atomic E-state index is 13.1. The van der Waals surface area contributed by atoms with Gasteiger partial charge in [0.2, 0.25) is 5.91 Å². The standard InChI is InChI=1S/C24H29N3O4/c1-15-25-20(14-31-15)24(29)26-12-17-11-18(13-26)22(27-21(17)7-4-8-23(27)28)10-16-5-3-6-19(9-16)30-2/h3,5-6,9,14,17-18,21-22H,4,7-8,10-13H2,1-2H3/t17-,18+,21+,22+/m1/s1. The number of nitrogens with zero attached hydrogens (tertiary/aromatic N) is 3. The SMILES string of the molecule is COc1cccc(C[C@H]2[C@H]3C[C@H](CN(C(=O)c4coc(C)n4)C3)[C@@H]3CCCC(=O)N32)c1. The third kappa shape index (κ3) is 3.70. The van der Waals surface area contributed by atoms with Crippen molar-refractivity contribution in [2.24, 2.45) is 11.8 Å². The smallest absolute Gasteiger partial charge is 0.275 e. The predicted octanol–water partition coefficient (Wildman–Crippen LogP) is 3.08. The number of rotatable bonds is 4. The van der Waals surface area contributed by atoms with Gasteiger partial charge in [0.15, 0.2) is 11.6 Å². The first kappa shape index (κ1) is 20.1. The van der Waals surface area contributed by atoms with Gasteiger partial charge in [0.05, 0.1) is 7.11 Å². The van der Waals surface area contributed by atoms with Gasteiger partial charge in [-0.15, -0.1) is 0 Å². The lowest BCUT2D eigenvalue weighted by Crippen LogP contribution is -2.66. The van der Waals surface area contributed by atoms with E-state index in [-0.39, 0.29) is 29.8 Å². The molecular formula is C24H29N3O4. The summed E-state index contributed by atoms with van der Waals surface area (Å²) in [6.07, 6.45) is 5.87. The van der Waals surface area contributed by atoms with Crippen LogP contribution in [0, 0.1) is 18.8 Å². The Morgan fingerprint density at radius 3 is 2.90 bits per heavy atom. The minimum atomic E-state index is -0.0673. The molecule has 0 spiro atoms. The summed E-state index contributed by atoms with van der Waals surface area (Å²) in [7, 11) is 1.67. The molecule has 2 bridgehead atoms. The molecule has 31 heavy (non-hydrogen) atoms. The van der Waals surface area contributed by atoms with Crippen molar-refractivity contribution >= 4 is 11.8 Å². The van der Waals surface area contributed by atoms with E-state index in [4.69, 9.17) is 9.15 Å². The van der Waals surface area contributed by atoms with Crippen LogP contribution in [0.1, 0.15) is 47.6 Å². The number of hydrogen-bond acceptors (Lipinski definition) is 5. The van der Waals surface area contributed by atoms with Crippen molar-refractivity contribution in [2.45, 2.75) is 51.1 Å². The Hall–Kier alpha value is -2.83. The molecule has 3 aliphatic rings. The van der Waals surface area contributed by atoms with Gasteiger partial charge in [-0.25, -0.2) is 4.98 Å². The van der Waals surface area contributed by atoms with E-state index < -0.39 is 0 Å². The molecule has 164 valence electrons. The molecule has 1 aromatic carbocycles. The summed E-state index contributed by atoms with van der Waals surface area (Å²) in [6.45, 7) is 3.07. The van der Waals surface area contributed by atoms with Crippen LogP contribution in [0.15, 0.2) is 34.9 Å². The second-order valence-corrected chi connectivity index (χ2v) is 9.10. The Balaban J connectivity index is 1.44. The quantitative estimate of drug-likeness (QED) is 0.755. The van der Waals surface area contributed by atoms with Gasteiger partial charge >= 0.3 is 0 Å². The number of likely N-dealkylation sites (tertiary alicyclic amines) is 1. The number of hydrogen-bond donors (Lipinski definition) is 0.